The molecule has 0 heterocycles. The van der Waals surface area contributed by atoms with E-state index in [1.807, 2.05) is 44.2 Å². The van der Waals surface area contributed by atoms with Gasteiger partial charge in [0.1, 0.15) is 12.6 Å². The standard InChI is InChI=1S/C12H17NO2/c1-9(2)11(13)12(14)15-8-10-6-4-3-5-7-10/h3-7,9,11H,8,13H2,1-2H3/t11-/m0/s1/i11+2,12+2. The van der Waals surface area contributed by atoms with Crippen LogP contribution >= 0.6 is 0 Å². The van der Waals surface area contributed by atoms with Gasteiger partial charge in [-0.05, 0) is 11.5 Å². The van der Waals surface area contributed by atoms with E-state index >= 15 is 0 Å². The van der Waals surface area contributed by atoms with Crippen LogP contribution in [0.5, 0.6) is 0 Å². The molecule has 0 aliphatic rings. The predicted octanol–water partition coefficient (Wildman–Crippen LogP) is 1.71. The van der Waals surface area contributed by atoms with Gasteiger partial charge in [-0.25, -0.2) is 0 Å². The topological polar surface area (TPSA) is 52.3 Å². The van der Waals surface area contributed by atoms with Gasteiger partial charge in [0, 0.05) is 0 Å². The monoisotopic (exact) mass is 211 g/mol. The minimum atomic E-state index is -0.534. The molecule has 82 valence electrons. The zero-order valence-electron chi connectivity index (χ0n) is 9.14. The first-order valence-electron chi connectivity index (χ1n) is 5.07. The Morgan fingerprint density at radius 3 is 2.53 bits per heavy atom. The molecule has 0 saturated carbocycles. The van der Waals surface area contributed by atoms with Gasteiger partial charge < -0.3 is 10.5 Å². The molecule has 15 heavy (non-hydrogen) atoms. The van der Waals surface area contributed by atoms with E-state index in [-0.39, 0.29) is 11.9 Å². The van der Waals surface area contributed by atoms with Gasteiger partial charge in [0.25, 0.3) is 0 Å². The highest BCUT2D eigenvalue weighted by molar-refractivity contribution is 5.75. The van der Waals surface area contributed by atoms with Crippen LogP contribution in [-0.4, -0.2) is 12.0 Å². The maximum atomic E-state index is 11.4. The number of carbonyl (C=O) groups excluding carboxylic acids is 1. The van der Waals surface area contributed by atoms with Crippen molar-refractivity contribution >= 4 is 5.97 Å². The summed E-state index contributed by atoms with van der Waals surface area (Å²) < 4.78 is 5.09. The van der Waals surface area contributed by atoms with E-state index in [2.05, 4.69) is 0 Å². The lowest BCUT2D eigenvalue weighted by atomic mass is 10.2. The number of hydrogen-bond acceptors (Lipinski definition) is 3. The highest BCUT2D eigenvalue weighted by Gasteiger charge is 2.18. The molecule has 0 aliphatic carbocycles. The van der Waals surface area contributed by atoms with Crippen molar-refractivity contribution in [2.75, 3.05) is 0 Å². The molecule has 0 saturated heterocycles. The fourth-order valence-corrected chi connectivity index (χ4v) is 1.10. The molecule has 1 atom stereocenters. The zero-order chi connectivity index (χ0) is 11.3. The number of hydrogen-bond donors (Lipinski definition) is 1. The molecule has 0 amide bonds. The average molecular weight is 211 g/mol. The van der Waals surface area contributed by atoms with Crippen LogP contribution in [0, 0.1) is 5.92 Å². The molecule has 1 aromatic rings. The van der Waals surface area contributed by atoms with Crippen molar-refractivity contribution in [2.24, 2.45) is 11.7 Å². The molecule has 1 aromatic carbocycles. The van der Waals surface area contributed by atoms with E-state index in [0.717, 1.165) is 5.56 Å². The minimum absolute atomic E-state index is 0.105. The van der Waals surface area contributed by atoms with Crippen molar-refractivity contribution in [3.05, 3.63) is 35.9 Å². The molecular weight excluding hydrogens is 194 g/mol. The van der Waals surface area contributed by atoms with Gasteiger partial charge in [-0.3, -0.25) is 4.79 Å². The van der Waals surface area contributed by atoms with Gasteiger partial charge in [0.2, 0.25) is 0 Å². The van der Waals surface area contributed by atoms with E-state index in [0.29, 0.717) is 6.61 Å². The first-order chi connectivity index (χ1) is 7.11. The third kappa shape index (κ3) is 3.72. The Morgan fingerprint density at radius 1 is 1.40 bits per heavy atom. The van der Waals surface area contributed by atoms with E-state index in [1.54, 1.807) is 0 Å². The van der Waals surface area contributed by atoms with Crippen molar-refractivity contribution in [1.29, 1.82) is 0 Å². The SMILES string of the molecule is CC(C)[14C@H](N)[14C](=O)OCc1ccccc1. The summed E-state index contributed by atoms with van der Waals surface area (Å²) in [6, 6.07) is 9.03. The molecular formula is C12H17NO2. The van der Waals surface area contributed by atoms with Crippen molar-refractivity contribution in [2.45, 2.75) is 26.5 Å². The lowest BCUT2D eigenvalue weighted by Gasteiger charge is -2.14. The van der Waals surface area contributed by atoms with Gasteiger partial charge >= 0.3 is 5.97 Å². The van der Waals surface area contributed by atoms with Crippen LogP contribution in [0.1, 0.15) is 19.4 Å². The first-order valence-corrected chi connectivity index (χ1v) is 5.07. The van der Waals surface area contributed by atoms with Crippen molar-refractivity contribution in [3.63, 3.8) is 0 Å². The average Bonchev–Trinajstić information content (AvgIpc) is 2.26. The highest BCUT2D eigenvalue weighted by Crippen LogP contribution is 2.04. The summed E-state index contributed by atoms with van der Waals surface area (Å²) in [4.78, 5) is 11.4. The maximum absolute atomic E-state index is 11.4. The van der Waals surface area contributed by atoms with Crippen LogP contribution < -0.4 is 5.73 Å². The number of ether oxygens (including phenoxy) is 1. The molecule has 0 unspecified atom stereocenters. The van der Waals surface area contributed by atoms with Crippen LogP contribution in [0.4, 0.5) is 0 Å². The Morgan fingerprint density at radius 2 is 2.00 bits per heavy atom. The largest absolute Gasteiger partial charge is 0.460 e. The molecule has 2 N–H and O–H groups in total. The smallest absolute Gasteiger partial charge is 0.323 e. The molecule has 0 spiro atoms. The number of benzene rings is 1. The number of esters is 1. The Labute approximate surface area is 90.2 Å². The number of rotatable bonds is 4. The van der Waals surface area contributed by atoms with Crippen molar-refractivity contribution < 1.29 is 9.53 Å². The highest BCUT2D eigenvalue weighted by atomic mass is 16.8. The van der Waals surface area contributed by atoms with Crippen LogP contribution in [-0.2, 0) is 16.1 Å². The Balaban J connectivity index is 2.41. The van der Waals surface area contributed by atoms with Crippen LogP contribution in [0.15, 0.2) is 30.3 Å². The molecule has 3 nitrogen and oxygen atoms in total. The summed E-state index contributed by atoms with van der Waals surface area (Å²) in [5.41, 5.74) is 6.62. The normalized spacial score (nSPS) is 12.5. The Kier molecular flexibility index (Phi) is 4.31. The van der Waals surface area contributed by atoms with E-state index in [4.69, 9.17) is 10.5 Å². The first kappa shape index (κ1) is 11.7. The van der Waals surface area contributed by atoms with Crippen LogP contribution in [0.3, 0.4) is 0 Å². The predicted molar refractivity (Wildman–Crippen MR) is 59.1 cm³/mol. The quantitative estimate of drug-likeness (QED) is 0.771. The van der Waals surface area contributed by atoms with Gasteiger partial charge in [-0.15, -0.1) is 0 Å². The lowest BCUT2D eigenvalue weighted by molar-refractivity contribution is -0.147. The van der Waals surface area contributed by atoms with Gasteiger partial charge in [0.15, 0.2) is 0 Å². The summed E-state index contributed by atoms with van der Waals surface area (Å²) >= 11 is 0. The number of nitrogens with two attached hydrogens (primary N) is 1. The van der Waals surface area contributed by atoms with Crippen molar-refractivity contribution in [3.8, 4) is 0 Å². The van der Waals surface area contributed by atoms with E-state index in [9.17, 15) is 4.79 Å². The van der Waals surface area contributed by atoms with Gasteiger partial charge in [-0.2, -0.15) is 0 Å². The molecule has 0 aromatic heterocycles. The summed E-state index contributed by atoms with van der Waals surface area (Å²) in [7, 11) is 0. The van der Waals surface area contributed by atoms with Gasteiger partial charge in [0.05, 0.1) is 0 Å². The summed E-state index contributed by atoms with van der Waals surface area (Å²) in [5, 5.41) is 0. The molecule has 1 rings (SSSR count). The van der Waals surface area contributed by atoms with E-state index < -0.39 is 6.04 Å². The second kappa shape index (κ2) is 5.51. The molecule has 0 fully saturated rings. The molecule has 0 aliphatic heterocycles. The molecule has 3 heteroatoms. The fraction of sp³-hybridized carbons (Fsp3) is 0.417. The second-order valence-corrected chi connectivity index (χ2v) is 3.86. The Bertz CT molecular complexity index is 309. The molecule has 0 bridgehead atoms. The minimum Gasteiger partial charge on any atom is -0.460 e. The Hall–Kier alpha value is -1.35. The summed E-state index contributed by atoms with van der Waals surface area (Å²) in [6.07, 6.45) is 0. The van der Waals surface area contributed by atoms with Crippen LogP contribution in [0.25, 0.3) is 0 Å². The van der Waals surface area contributed by atoms with Crippen LogP contribution in [0.2, 0.25) is 0 Å². The second-order valence-electron chi connectivity index (χ2n) is 3.86. The van der Waals surface area contributed by atoms with Crippen molar-refractivity contribution in [1.82, 2.24) is 0 Å². The third-order valence-corrected chi connectivity index (χ3v) is 2.21. The summed E-state index contributed by atoms with van der Waals surface area (Å²) in [6.45, 7) is 4.09. The zero-order valence-corrected chi connectivity index (χ0v) is 9.14. The summed E-state index contributed by atoms with van der Waals surface area (Å²) in [5.74, 6) is -0.234. The molecule has 0 radical (unpaired) electrons. The van der Waals surface area contributed by atoms with E-state index in [1.165, 1.54) is 0 Å². The lowest BCUT2D eigenvalue weighted by Crippen LogP contribution is -2.36. The maximum Gasteiger partial charge on any atom is 0.323 e. The van der Waals surface area contributed by atoms with Gasteiger partial charge in [-0.1, -0.05) is 44.2 Å². The third-order valence-electron chi connectivity index (χ3n) is 2.21. The number of carbonyl (C=O) groups is 1. The fourth-order valence-electron chi connectivity index (χ4n) is 1.10.